The third-order valence-corrected chi connectivity index (χ3v) is 10.2. The molecule has 0 N–H and O–H groups in total. The van der Waals surface area contributed by atoms with Gasteiger partial charge in [0.05, 0.1) is 11.0 Å². The van der Waals surface area contributed by atoms with E-state index in [0.717, 1.165) is 22.3 Å². The van der Waals surface area contributed by atoms with Gasteiger partial charge < -0.3 is 4.57 Å². The fraction of sp³-hybridized carbons (Fsp3) is 0.0217. The lowest BCUT2D eigenvalue weighted by atomic mass is 10.00. The fourth-order valence-corrected chi connectivity index (χ4v) is 7.90. The van der Waals surface area contributed by atoms with Crippen LogP contribution in [0.25, 0.3) is 58.8 Å². The highest BCUT2D eigenvalue weighted by Gasteiger charge is 2.19. The molecule has 0 bridgehead atoms. The zero-order chi connectivity index (χ0) is 34.6. The summed E-state index contributed by atoms with van der Waals surface area (Å²) < 4.78 is 4.99. The van der Waals surface area contributed by atoms with E-state index in [-0.39, 0.29) is 0 Å². The van der Waals surface area contributed by atoms with E-state index in [1.807, 2.05) is 79.0 Å². The standard InChI is InChI=1S/C46H34N4S/c1-3-4-5-6-14-31-48-46(49-45(47-2)32-17-8-7-9-18-32)33-27-29-34(30-28-33)50-41-25-12-10-19-35(41)37-21-15-22-38(43(37)50)40-24-16-23-39-36-20-11-13-26-42(36)51-44(39)40/h3-31H,2H2,1H3/b4-3+,6-5-,31-14-,48-46-,49-45-. The maximum absolute atomic E-state index is 4.90. The molecule has 0 unspecified atom stereocenters. The maximum Gasteiger partial charge on any atom is 0.161 e. The van der Waals surface area contributed by atoms with Gasteiger partial charge in [0.2, 0.25) is 0 Å². The van der Waals surface area contributed by atoms with Crippen molar-refractivity contribution in [1.29, 1.82) is 0 Å². The normalized spacial score (nSPS) is 12.9. The number of hydrogen-bond acceptors (Lipinski definition) is 2. The van der Waals surface area contributed by atoms with Crippen LogP contribution in [-0.4, -0.2) is 23.0 Å². The van der Waals surface area contributed by atoms with E-state index in [2.05, 4.69) is 125 Å². The zero-order valence-electron chi connectivity index (χ0n) is 28.1. The summed E-state index contributed by atoms with van der Waals surface area (Å²) >= 11 is 1.86. The van der Waals surface area contributed by atoms with Gasteiger partial charge in [-0.05, 0) is 56.1 Å². The van der Waals surface area contributed by atoms with Gasteiger partial charge in [0.15, 0.2) is 11.7 Å². The first-order valence-electron chi connectivity index (χ1n) is 16.9. The first-order valence-corrected chi connectivity index (χ1v) is 17.7. The van der Waals surface area contributed by atoms with E-state index in [0.29, 0.717) is 11.7 Å². The van der Waals surface area contributed by atoms with Crippen molar-refractivity contribution in [3.8, 4) is 16.8 Å². The second-order valence-electron chi connectivity index (χ2n) is 12.0. The largest absolute Gasteiger partial charge is 0.309 e. The molecule has 2 heterocycles. The summed E-state index contributed by atoms with van der Waals surface area (Å²) in [6.45, 7) is 5.80. The maximum atomic E-state index is 4.90. The molecule has 0 radical (unpaired) electrons. The van der Waals surface area contributed by atoms with E-state index >= 15 is 0 Å². The van der Waals surface area contributed by atoms with Gasteiger partial charge >= 0.3 is 0 Å². The summed E-state index contributed by atoms with van der Waals surface area (Å²) in [6, 6.07) is 49.1. The van der Waals surface area contributed by atoms with E-state index in [1.54, 1.807) is 6.20 Å². The van der Waals surface area contributed by atoms with Crippen LogP contribution in [0.2, 0.25) is 0 Å². The molecule has 51 heavy (non-hydrogen) atoms. The van der Waals surface area contributed by atoms with Crippen LogP contribution in [0.15, 0.2) is 191 Å². The molecule has 244 valence electrons. The summed E-state index contributed by atoms with van der Waals surface area (Å²) in [4.78, 5) is 13.9. The molecule has 4 nitrogen and oxygen atoms in total. The van der Waals surface area contributed by atoms with Crippen LogP contribution in [0.5, 0.6) is 0 Å². The van der Waals surface area contributed by atoms with Crippen LogP contribution in [0, 0.1) is 0 Å². The van der Waals surface area contributed by atoms with Gasteiger partial charge in [-0.2, -0.15) is 0 Å². The number of hydrogen-bond donors (Lipinski definition) is 0. The Morgan fingerprint density at radius 2 is 1.25 bits per heavy atom. The smallest absolute Gasteiger partial charge is 0.161 e. The highest BCUT2D eigenvalue weighted by atomic mass is 32.1. The zero-order valence-corrected chi connectivity index (χ0v) is 29.0. The molecular weight excluding hydrogens is 641 g/mol. The summed E-state index contributed by atoms with van der Waals surface area (Å²) in [7, 11) is 0. The van der Waals surface area contributed by atoms with Crippen molar-refractivity contribution in [2.24, 2.45) is 15.0 Å². The molecule has 6 aromatic carbocycles. The fourth-order valence-electron chi connectivity index (χ4n) is 6.67. The Kier molecular flexibility index (Phi) is 8.86. The molecule has 8 aromatic rings. The van der Waals surface area contributed by atoms with Crippen LogP contribution < -0.4 is 0 Å². The lowest BCUT2D eigenvalue weighted by Gasteiger charge is -2.13. The van der Waals surface area contributed by atoms with Crippen LogP contribution in [-0.2, 0) is 0 Å². The monoisotopic (exact) mass is 674 g/mol. The Balaban J connectivity index is 1.29. The van der Waals surface area contributed by atoms with E-state index in [4.69, 9.17) is 9.98 Å². The minimum atomic E-state index is 0.513. The number of para-hydroxylation sites is 2. The van der Waals surface area contributed by atoms with Gasteiger partial charge in [-0.3, -0.25) is 0 Å². The van der Waals surface area contributed by atoms with Crippen molar-refractivity contribution in [3.05, 3.63) is 187 Å². The second-order valence-corrected chi connectivity index (χ2v) is 13.1. The Morgan fingerprint density at radius 3 is 2.06 bits per heavy atom. The Morgan fingerprint density at radius 1 is 0.588 bits per heavy atom. The minimum absolute atomic E-state index is 0.513. The highest BCUT2D eigenvalue weighted by Crippen LogP contribution is 2.44. The first kappa shape index (κ1) is 31.8. The average molecular weight is 675 g/mol. The van der Waals surface area contributed by atoms with Crippen molar-refractivity contribution in [1.82, 2.24) is 4.57 Å². The van der Waals surface area contributed by atoms with E-state index in [1.165, 1.54) is 47.6 Å². The molecule has 0 aliphatic carbocycles. The van der Waals surface area contributed by atoms with Crippen LogP contribution in [0.1, 0.15) is 18.1 Å². The number of aliphatic imine (C=N–C) groups is 3. The number of aromatic nitrogens is 1. The highest BCUT2D eigenvalue weighted by molar-refractivity contribution is 7.26. The molecule has 0 aliphatic rings. The molecule has 0 saturated carbocycles. The van der Waals surface area contributed by atoms with E-state index in [9.17, 15) is 0 Å². The molecule has 0 amide bonds. The van der Waals surface area contributed by atoms with Crippen LogP contribution >= 0.6 is 11.3 Å². The van der Waals surface area contributed by atoms with Gasteiger partial charge in [-0.15, -0.1) is 11.3 Å². The topological polar surface area (TPSA) is 42.0 Å². The minimum Gasteiger partial charge on any atom is -0.309 e. The number of rotatable bonds is 7. The van der Waals surface area contributed by atoms with Gasteiger partial charge in [0.1, 0.15) is 0 Å². The van der Waals surface area contributed by atoms with Crippen molar-refractivity contribution >= 4 is 71.7 Å². The van der Waals surface area contributed by atoms with Crippen LogP contribution in [0.3, 0.4) is 0 Å². The third kappa shape index (κ3) is 6.05. The SMILES string of the molecule is C=N\C(=N/C(=N\C=C/C=C\C=C\C)c1ccc(-n2c3ccccc3c3cccc(-c4cccc5c4sc4ccccc45)c32)cc1)c1ccccc1. The van der Waals surface area contributed by atoms with Gasteiger partial charge in [-0.25, -0.2) is 15.0 Å². The molecule has 0 fully saturated rings. The summed E-state index contributed by atoms with van der Waals surface area (Å²) in [6.07, 6.45) is 11.5. The van der Waals surface area contributed by atoms with Crippen molar-refractivity contribution in [3.63, 3.8) is 0 Å². The summed E-state index contributed by atoms with van der Waals surface area (Å²) in [5.74, 6) is 1.06. The van der Waals surface area contributed by atoms with Gasteiger partial charge in [-0.1, -0.05) is 127 Å². The van der Waals surface area contributed by atoms with E-state index < -0.39 is 0 Å². The van der Waals surface area contributed by atoms with Crippen molar-refractivity contribution in [2.75, 3.05) is 0 Å². The molecule has 8 rings (SSSR count). The van der Waals surface area contributed by atoms with Gasteiger partial charge in [0.25, 0.3) is 0 Å². The lowest BCUT2D eigenvalue weighted by molar-refractivity contribution is 1.18. The number of amidine groups is 2. The first-order chi connectivity index (χ1) is 25.2. The molecule has 2 aromatic heterocycles. The molecule has 0 spiro atoms. The molecule has 0 atom stereocenters. The molecule has 0 saturated heterocycles. The Labute approximate surface area is 301 Å². The molecular formula is C46H34N4S. The van der Waals surface area contributed by atoms with Crippen LogP contribution in [0.4, 0.5) is 0 Å². The number of nitrogens with zero attached hydrogens (tertiary/aromatic N) is 4. The predicted molar refractivity (Wildman–Crippen MR) is 221 cm³/mol. The summed E-state index contributed by atoms with van der Waals surface area (Å²) in [5.41, 5.74) is 7.58. The number of fused-ring (bicyclic) bond motifs is 6. The summed E-state index contributed by atoms with van der Waals surface area (Å²) in [5, 5.41) is 5.03. The van der Waals surface area contributed by atoms with Crippen molar-refractivity contribution < 1.29 is 0 Å². The number of thiophene rings is 1. The number of benzene rings is 6. The molecule has 5 heteroatoms. The van der Waals surface area contributed by atoms with Crippen molar-refractivity contribution in [2.45, 2.75) is 6.92 Å². The quantitative estimate of drug-likeness (QED) is 0.0917. The predicted octanol–water partition coefficient (Wildman–Crippen LogP) is 12.4. The second kappa shape index (κ2) is 14.2. The number of allylic oxidation sites excluding steroid dienone is 5. The lowest BCUT2D eigenvalue weighted by Crippen LogP contribution is -2.05. The van der Waals surface area contributed by atoms with Gasteiger partial charge in [0, 0.05) is 65.1 Å². The molecule has 0 aliphatic heterocycles. The Bertz CT molecular complexity index is 2700. The third-order valence-electron chi connectivity index (χ3n) is 8.98. The Hall–Kier alpha value is -6.43. The average Bonchev–Trinajstić information content (AvgIpc) is 3.74.